The molecule has 32 heavy (non-hydrogen) atoms. The van der Waals surface area contributed by atoms with Gasteiger partial charge in [-0.3, -0.25) is 9.79 Å². The number of benzene rings is 1. The van der Waals surface area contributed by atoms with Crippen LogP contribution in [0.2, 0.25) is 10.0 Å². The summed E-state index contributed by atoms with van der Waals surface area (Å²) in [6, 6.07) is 6.40. The minimum absolute atomic E-state index is 0.00982. The van der Waals surface area contributed by atoms with Gasteiger partial charge < -0.3 is 15.8 Å². The van der Waals surface area contributed by atoms with E-state index in [1.54, 1.807) is 39.0 Å². The van der Waals surface area contributed by atoms with Gasteiger partial charge in [0, 0.05) is 23.9 Å². The second-order valence-electron chi connectivity index (χ2n) is 8.47. The molecule has 8 nitrogen and oxygen atoms in total. The first-order chi connectivity index (χ1) is 14.9. The number of rotatable bonds is 2. The topological polar surface area (TPSA) is 124 Å². The Morgan fingerprint density at radius 2 is 1.97 bits per heavy atom. The van der Waals surface area contributed by atoms with Gasteiger partial charge in [0.15, 0.2) is 9.84 Å². The summed E-state index contributed by atoms with van der Waals surface area (Å²) < 4.78 is 31.4. The molecule has 0 radical (unpaired) electrons. The number of anilines is 1. The summed E-state index contributed by atoms with van der Waals surface area (Å²) in [5, 5.41) is 2.32. The SMILES string of the molecule is CC1(C)C(N)=N[C@]2(C)c3cc(NC(=O)c4ncc(Cl)cc4Cl)ccc3OCC[C@H]2S1(=O)=O. The second kappa shape index (κ2) is 7.60. The summed E-state index contributed by atoms with van der Waals surface area (Å²) >= 11 is 11.9. The molecule has 0 saturated carbocycles. The van der Waals surface area contributed by atoms with Gasteiger partial charge in [-0.1, -0.05) is 23.2 Å². The van der Waals surface area contributed by atoms with Crippen molar-refractivity contribution in [3.63, 3.8) is 0 Å². The smallest absolute Gasteiger partial charge is 0.275 e. The number of sulfone groups is 1. The van der Waals surface area contributed by atoms with E-state index in [-0.39, 0.29) is 29.6 Å². The molecule has 3 heterocycles. The lowest BCUT2D eigenvalue weighted by Crippen LogP contribution is -2.59. The number of nitrogens with one attached hydrogen (secondary N) is 1. The number of carbonyl (C=O) groups excluding carboxylic acids is 1. The minimum atomic E-state index is -3.69. The second-order valence-corrected chi connectivity index (χ2v) is 12.0. The number of ether oxygens (including phenoxy) is 1. The van der Waals surface area contributed by atoms with Crippen LogP contribution in [0.5, 0.6) is 5.75 Å². The van der Waals surface area contributed by atoms with Gasteiger partial charge in [-0.15, -0.1) is 0 Å². The van der Waals surface area contributed by atoms with E-state index in [9.17, 15) is 13.2 Å². The first-order valence-corrected chi connectivity index (χ1v) is 12.2. The summed E-state index contributed by atoms with van der Waals surface area (Å²) in [6.07, 6.45) is 1.59. The van der Waals surface area contributed by atoms with Crippen molar-refractivity contribution in [2.75, 3.05) is 11.9 Å². The zero-order valence-electron chi connectivity index (χ0n) is 17.6. The van der Waals surface area contributed by atoms with E-state index < -0.39 is 31.3 Å². The Balaban J connectivity index is 1.79. The van der Waals surface area contributed by atoms with Gasteiger partial charge in [0.25, 0.3) is 5.91 Å². The number of halogens is 2. The molecule has 11 heteroatoms. The Labute approximate surface area is 196 Å². The van der Waals surface area contributed by atoms with Crippen molar-refractivity contribution in [2.45, 2.75) is 42.7 Å². The van der Waals surface area contributed by atoms with Crippen LogP contribution in [0, 0.1) is 0 Å². The fourth-order valence-corrected chi connectivity index (χ4v) is 6.81. The Kier molecular flexibility index (Phi) is 5.42. The van der Waals surface area contributed by atoms with Crippen molar-refractivity contribution >= 4 is 50.5 Å². The molecule has 1 aromatic carbocycles. The van der Waals surface area contributed by atoms with Crippen molar-refractivity contribution in [3.05, 3.63) is 51.8 Å². The Hall–Kier alpha value is -2.36. The number of pyridine rings is 1. The molecule has 2 aliphatic rings. The number of carbonyl (C=O) groups is 1. The highest BCUT2D eigenvalue weighted by Gasteiger charge is 2.57. The van der Waals surface area contributed by atoms with Crippen LogP contribution in [0.1, 0.15) is 43.2 Å². The van der Waals surface area contributed by atoms with Crippen LogP contribution in [0.4, 0.5) is 5.69 Å². The Morgan fingerprint density at radius 3 is 2.66 bits per heavy atom. The summed E-state index contributed by atoms with van der Waals surface area (Å²) in [7, 11) is -3.69. The van der Waals surface area contributed by atoms with Crippen LogP contribution >= 0.6 is 23.2 Å². The average molecular weight is 497 g/mol. The molecule has 4 rings (SSSR count). The number of hydrogen-bond acceptors (Lipinski definition) is 7. The predicted molar refractivity (Wildman–Crippen MR) is 125 cm³/mol. The largest absolute Gasteiger partial charge is 0.493 e. The molecule has 0 fully saturated rings. The monoisotopic (exact) mass is 496 g/mol. The zero-order chi connectivity index (χ0) is 23.5. The van der Waals surface area contributed by atoms with Gasteiger partial charge in [0.1, 0.15) is 27.6 Å². The van der Waals surface area contributed by atoms with Crippen LogP contribution < -0.4 is 15.8 Å². The Bertz CT molecular complexity index is 1260. The van der Waals surface area contributed by atoms with Gasteiger partial charge in [-0.05, 0) is 45.0 Å². The molecule has 2 atom stereocenters. The highest BCUT2D eigenvalue weighted by Crippen LogP contribution is 2.48. The maximum Gasteiger partial charge on any atom is 0.275 e. The number of fused-ring (bicyclic) bond motifs is 3. The highest BCUT2D eigenvalue weighted by molar-refractivity contribution is 7.94. The predicted octanol–water partition coefficient (Wildman–Crippen LogP) is 3.57. The summed E-state index contributed by atoms with van der Waals surface area (Å²) in [4.78, 5) is 21.4. The molecular formula is C21H22Cl2N4O4S. The molecule has 170 valence electrons. The number of aliphatic imine (C=N–C) groups is 1. The van der Waals surface area contributed by atoms with Gasteiger partial charge >= 0.3 is 0 Å². The molecule has 0 spiro atoms. The first kappa shape index (κ1) is 22.8. The number of nitrogens with two attached hydrogens (primary N) is 1. The van der Waals surface area contributed by atoms with Gasteiger partial charge in [0.05, 0.1) is 21.9 Å². The third kappa shape index (κ3) is 3.43. The molecular weight excluding hydrogens is 475 g/mol. The summed E-state index contributed by atoms with van der Waals surface area (Å²) in [5.74, 6) is -0.0129. The summed E-state index contributed by atoms with van der Waals surface area (Å²) in [5.41, 5.74) is 5.90. The van der Waals surface area contributed by atoms with Gasteiger partial charge in [-0.2, -0.15) is 0 Å². The highest BCUT2D eigenvalue weighted by atomic mass is 35.5. The van der Waals surface area contributed by atoms with E-state index in [1.165, 1.54) is 12.3 Å². The lowest BCUT2D eigenvalue weighted by molar-refractivity contribution is 0.102. The van der Waals surface area contributed by atoms with Crippen LogP contribution in [0.25, 0.3) is 0 Å². The minimum Gasteiger partial charge on any atom is -0.493 e. The van der Waals surface area contributed by atoms with E-state index in [1.807, 2.05) is 0 Å². The number of hydrogen-bond donors (Lipinski definition) is 2. The number of aromatic nitrogens is 1. The third-order valence-corrected chi connectivity index (χ3v) is 9.70. The molecule has 1 aromatic heterocycles. The zero-order valence-corrected chi connectivity index (χ0v) is 20.0. The molecule has 0 aliphatic carbocycles. The van der Waals surface area contributed by atoms with E-state index >= 15 is 0 Å². The average Bonchev–Trinajstić information content (AvgIpc) is 2.84. The normalized spacial score (nSPS) is 25.4. The van der Waals surface area contributed by atoms with Crippen LogP contribution in [0.15, 0.2) is 35.5 Å². The fourth-order valence-electron chi connectivity index (χ4n) is 4.11. The van der Waals surface area contributed by atoms with E-state index in [0.29, 0.717) is 22.0 Å². The van der Waals surface area contributed by atoms with E-state index in [0.717, 1.165) is 0 Å². The number of amidine groups is 1. The fraction of sp³-hybridized carbons (Fsp3) is 0.381. The van der Waals surface area contributed by atoms with Crippen molar-refractivity contribution in [1.82, 2.24) is 4.98 Å². The van der Waals surface area contributed by atoms with Crippen LogP contribution in [-0.4, -0.2) is 41.7 Å². The van der Waals surface area contributed by atoms with Crippen molar-refractivity contribution in [1.29, 1.82) is 0 Å². The lowest BCUT2D eigenvalue weighted by atomic mass is 9.86. The van der Waals surface area contributed by atoms with Crippen molar-refractivity contribution in [3.8, 4) is 5.75 Å². The third-order valence-electron chi connectivity index (χ3n) is 6.13. The van der Waals surface area contributed by atoms with Crippen molar-refractivity contribution < 1.29 is 17.9 Å². The van der Waals surface area contributed by atoms with Gasteiger partial charge in [-0.25, -0.2) is 13.4 Å². The van der Waals surface area contributed by atoms with Gasteiger partial charge in [0.2, 0.25) is 0 Å². The molecule has 1 amide bonds. The maximum absolute atomic E-state index is 13.4. The molecule has 2 aromatic rings. The molecule has 3 N–H and O–H groups in total. The maximum atomic E-state index is 13.4. The molecule has 0 bridgehead atoms. The lowest BCUT2D eigenvalue weighted by Gasteiger charge is -2.43. The molecule has 0 saturated heterocycles. The quantitative estimate of drug-likeness (QED) is 0.654. The van der Waals surface area contributed by atoms with Crippen molar-refractivity contribution in [2.24, 2.45) is 10.7 Å². The first-order valence-electron chi connectivity index (χ1n) is 9.87. The van der Waals surface area contributed by atoms with E-state index in [2.05, 4.69) is 15.3 Å². The summed E-state index contributed by atoms with van der Waals surface area (Å²) in [6.45, 7) is 5.07. The van der Waals surface area contributed by atoms with Crippen LogP contribution in [0.3, 0.4) is 0 Å². The Morgan fingerprint density at radius 1 is 1.25 bits per heavy atom. The van der Waals surface area contributed by atoms with Crippen LogP contribution in [-0.2, 0) is 15.4 Å². The number of nitrogens with zero attached hydrogens (tertiary/aromatic N) is 2. The molecule has 0 unspecified atom stereocenters. The number of amides is 1. The van der Waals surface area contributed by atoms with E-state index in [4.69, 9.17) is 33.7 Å². The molecule has 2 aliphatic heterocycles. The standard InChI is InChI=1S/C21H22Cl2N4O4S/c1-20(2)19(24)27-21(3)13-9-12(26-18(28)17-14(23)8-11(22)10-25-17)4-5-15(13)31-7-6-16(21)32(20,29)30/h4-5,8-10,16H,6-7H2,1-3H3,(H2,24,27)(H,26,28)/t16-,21-/m1/s1.